The fraction of sp³-hybridized carbons (Fsp3) is 0.621. The fourth-order valence-corrected chi connectivity index (χ4v) is 6.45. The lowest BCUT2D eigenvalue weighted by Gasteiger charge is -2.47. The highest BCUT2D eigenvalue weighted by Gasteiger charge is 2.41. The molecule has 2 aliphatic heterocycles. The average Bonchev–Trinajstić information content (AvgIpc) is 2.93. The third-order valence-electron chi connectivity index (χ3n) is 8.16. The van der Waals surface area contributed by atoms with Crippen molar-refractivity contribution in [3.05, 3.63) is 59.9 Å². The Hall–Kier alpha value is -2.11. The molecule has 1 N–H and O–H groups in total. The first-order valence-corrected chi connectivity index (χ1v) is 13.4. The molecule has 0 aromatic heterocycles. The molecule has 2 bridgehead atoms. The second kappa shape index (κ2) is 11.5. The number of amides is 1. The third-order valence-corrected chi connectivity index (χ3v) is 8.16. The number of hydrogen-bond acceptors (Lipinski definition) is 4. The van der Waals surface area contributed by atoms with Crippen molar-refractivity contribution >= 4 is 5.91 Å². The lowest BCUT2D eigenvalue weighted by Crippen LogP contribution is -2.54. The van der Waals surface area contributed by atoms with E-state index in [1.807, 2.05) is 23.1 Å². The molecule has 0 saturated carbocycles. The molecule has 4 unspecified atom stereocenters. The number of rotatable bonds is 8. The van der Waals surface area contributed by atoms with Gasteiger partial charge in [-0.3, -0.25) is 14.6 Å². The normalized spacial score (nSPS) is 28.9. The molecule has 2 saturated heterocycles. The van der Waals surface area contributed by atoms with Crippen molar-refractivity contribution in [2.24, 2.45) is 5.92 Å². The van der Waals surface area contributed by atoms with Gasteiger partial charge in [0.25, 0.3) is 0 Å². The van der Waals surface area contributed by atoms with Crippen molar-refractivity contribution in [3.8, 4) is 0 Å². The minimum atomic E-state index is -0.0651. The molecular formula is C29H43N3O2. The number of aliphatic hydroxyl groups is 1. The first kappa shape index (κ1) is 25.0. The SMILES string of the molecule is C=CCN1CCC2CCCC(C1)N2C(C1=CCC(C(=O)N(CC)CC)C=C1)C1=CC(O)=CCC1. The van der Waals surface area contributed by atoms with E-state index in [4.69, 9.17) is 0 Å². The number of allylic oxidation sites excluding steroid dienone is 3. The Kier molecular flexibility index (Phi) is 8.49. The van der Waals surface area contributed by atoms with E-state index in [0.29, 0.717) is 17.8 Å². The van der Waals surface area contributed by atoms with Crippen LogP contribution in [0.4, 0.5) is 0 Å². The number of carbonyl (C=O) groups excluding carboxylic acids is 1. The second-order valence-electron chi connectivity index (χ2n) is 10.2. The van der Waals surface area contributed by atoms with Gasteiger partial charge in [0.1, 0.15) is 5.76 Å². The molecule has 4 aliphatic rings. The Labute approximate surface area is 206 Å². The summed E-state index contributed by atoms with van der Waals surface area (Å²) >= 11 is 0. The van der Waals surface area contributed by atoms with Crippen LogP contribution in [-0.2, 0) is 4.79 Å². The maximum absolute atomic E-state index is 13.0. The number of aliphatic hydroxyl groups excluding tert-OH is 1. The van der Waals surface area contributed by atoms with Crippen LogP contribution in [0.1, 0.15) is 58.8 Å². The van der Waals surface area contributed by atoms with Crippen LogP contribution in [0.25, 0.3) is 0 Å². The summed E-state index contributed by atoms with van der Waals surface area (Å²) < 4.78 is 0. The number of carbonyl (C=O) groups is 1. The van der Waals surface area contributed by atoms with Crippen LogP contribution >= 0.6 is 0 Å². The Morgan fingerprint density at radius 3 is 2.71 bits per heavy atom. The van der Waals surface area contributed by atoms with Crippen molar-refractivity contribution < 1.29 is 9.90 Å². The quantitative estimate of drug-likeness (QED) is 0.512. The zero-order valence-corrected chi connectivity index (χ0v) is 21.2. The average molecular weight is 466 g/mol. The van der Waals surface area contributed by atoms with E-state index in [2.05, 4.69) is 48.5 Å². The van der Waals surface area contributed by atoms with Crippen molar-refractivity contribution in [2.45, 2.75) is 76.9 Å². The van der Waals surface area contributed by atoms with Gasteiger partial charge in [0.05, 0.1) is 12.0 Å². The highest BCUT2D eigenvalue weighted by atomic mass is 16.3. The van der Waals surface area contributed by atoms with Crippen LogP contribution in [0.5, 0.6) is 0 Å². The third kappa shape index (κ3) is 5.41. The molecule has 5 heteroatoms. The standard InChI is InChI=1S/C29H43N3O2/c1-4-18-30-19-17-25-10-8-11-26(21-30)32(25)28(24-9-7-12-27(33)20-24)22-13-15-23(16-14-22)29(34)31(5-2)6-3/h4,12-15,20,23,25-26,28,33H,1,5-11,16-19,21H2,2-3H3. The number of piperidine rings is 1. The summed E-state index contributed by atoms with van der Waals surface area (Å²) in [5.41, 5.74) is 2.62. The van der Waals surface area contributed by atoms with Crippen LogP contribution in [0.3, 0.4) is 0 Å². The Morgan fingerprint density at radius 1 is 1.24 bits per heavy atom. The topological polar surface area (TPSA) is 47.0 Å². The Bertz CT molecular complexity index is 867. The maximum atomic E-state index is 13.0. The molecule has 2 aliphatic carbocycles. The summed E-state index contributed by atoms with van der Waals surface area (Å²) in [5.74, 6) is 0.566. The van der Waals surface area contributed by atoms with Crippen LogP contribution in [0.2, 0.25) is 0 Å². The van der Waals surface area contributed by atoms with Gasteiger partial charge in [-0.05, 0) is 75.7 Å². The lowest BCUT2D eigenvalue weighted by atomic mass is 9.82. The molecule has 186 valence electrons. The zero-order valence-electron chi connectivity index (χ0n) is 21.2. The predicted molar refractivity (Wildman–Crippen MR) is 140 cm³/mol. The summed E-state index contributed by atoms with van der Waals surface area (Å²) in [4.78, 5) is 20.2. The van der Waals surface area contributed by atoms with Gasteiger partial charge in [-0.25, -0.2) is 0 Å². The van der Waals surface area contributed by atoms with Crippen molar-refractivity contribution in [1.29, 1.82) is 0 Å². The number of hydrogen-bond donors (Lipinski definition) is 1. The smallest absolute Gasteiger partial charge is 0.229 e. The predicted octanol–water partition coefficient (Wildman–Crippen LogP) is 5.00. The molecule has 0 spiro atoms. The fourth-order valence-electron chi connectivity index (χ4n) is 6.45. The molecule has 1 amide bonds. The van der Waals surface area contributed by atoms with E-state index in [-0.39, 0.29) is 17.9 Å². The van der Waals surface area contributed by atoms with Crippen molar-refractivity contribution in [2.75, 3.05) is 32.7 Å². The molecule has 0 aromatic carbocycles. The molecule has 34 heavy (non-hydrogen) atoms. The van der Waals surface area contributed by atoms with Gasteiger partial charge >= 0.3 is 0 Å². The highest BCUT2D eigenvalue weighted by Crippen LogP contribution is 2.39. The lowest BCUT2D eigenvalue weighted by molar-refractivity contribution is -0.133. The molecule has 2 heterocycles. The van der Waals surface area contributed by atoms with E-state index >= 15 is 0 Å². The van der Waals surface area contributed by atoms with E-state index in [9.17, 15) is 9.90 Å². The van der Waals surface area contributed by atoms with Crippen LogP contribution < -0.4 is 0 Å². The van der Waals surface area contributed by atoms with E-state index in [1.165, 1.54) is 36.8 Å². The molecule has 0 aromatic rings. The van der Waals surface area contributed by atoms with Crippen LogP contribution in [0.15, 0.2) is 59.9 Å². The molecule has 0 radical (unpaired) electrons. The van der Waals surface area contributed by atoms with Gasteiger partial charge in [0.2, 0.25) is 5.91 Å². The van der Waals surface area contributed by atoms with Gasteiger partial charge < -0.3 is 10.0 Å². The Balaban J connectivity index is 1.64. The molecular weight excluding hydrogens is 422 g/mol. The molecule has 5 nitrogen and oxygen atoms in total. The maximum Gasteiger partial charge on any atom is 0.229 e. The van der Waals surface area contributed by atoms with Crippen molar-refractivity contribution in [3.63, 3.8) is 0 Å². The minimum Gasteiger partial charge on any atom is -0.508 e. The zero-order chi connectivity index (χ0) is 24.1. The number of fused-ring (bicyclic) bond motifs is 2. The number of nitrogens with zero attached hydrogens (tertiary/aromatic N) is 3. The van der Waals surface area contributed by atoms with Crippen LogP contribution in [0, 0.1) is 5.92 Å². The van der Waals surface area contributed by atoms with Crippen LogP contribution in [-0.4, -0.2) is 76.6 Å². The van der Waals surface area contributed by atoms with Crippen molar-refractivity contribution in [1.82, 2.24) is 14.7 Å². The summed E-state index contributed by atoms with van der Waals surface area (Å²) in [5, 5.41) is 10.4. The molecule has 4 rings (SSSR count). The van der Waals surface area contributed by atoms with E-state index in [0.717, 1.165) is 52.0 Å². The monoisotopic (exact) mass is 465 g/mol. The first-order chi connectivity index (χ1) is 16.5. The van der Waals surface area contributed by atoms with Gasteiger partial charge in [0.15, 0.2) is 0 Å². The largest absolute Gasteiger partial charge is 0.508 e. The second-order valence-corrected chi connectivity index (χ2v) is 10.2. The van der Waals surface area contributed by atoms with E-state index < -0.39 is 0 Å². The van der Waals surface area contributed by atoms with Gasteiger partial charge in [-0.2, -0.15) is 0 Å². The van der Waals surface area contributed by atoms with Gasteiger partial charge in [0, 0.05) is 44.8 Å². The Morgan fingerprint density at radius 2 is 2.03 bits per heavy atom. The minimum absolute atomic E-state index is 0.0651. The highest BCUT2D eigenvalue weighted by molar-refractivity contribution is 5.81. The summed E-state index contributed by atoms with van der Waals surface area (Å²) in [6, 6.07) is 1.23. The summed E-state index contributed by atoms with van der Waals surface area (Å²) in [7, 11) is 0. The van der Waals surface area contributed by atoms with E-state index in [1.54, 1.807) is 0 Å². The molecule has 4 atom stereocenters. The van der Waals surface area contributed by atoms with Gasteiger partial charge in [-0.1, -0.05) is 30.7 Å². The van der Waals surface area contributed by atoms with Gasteiger partial charge in [-0.15, -0.1) is 6.58 Å². The first-order valence-electron chi connectivity index (χ1n) is 13.4. The molecule has 2 fully saturated rings. The summed E-state index contributed by atoms with van der Waals surface area (Å²) in [6.45, 7) is 12.7. The summed E-state index contributed by atoms with van der Waals surface area (Å²) in [6.07, 6.45) is 20.2.